The summed E-state index contributed by atoms with van der Waals surface area (Å²) in [5.74, 6) is 1.02. The average molecular weight is 408 g/mol. The first-order valence-corrected chi connectivity index (χ1v) is 9.19. The Morgan fingerprint density at radius 1 is 1.10 bits per heavy atom. The van der Waals surface area contributed by atoms with Crippen molar-refractivity contribution in [2.45, 2.75) is 6.10 Å². The molecule has 1 aliphatic rings. The zero-order chi connectivity index (χ0) is 21.1. The van der Waals surface area contributed by atoms with Crippen LogP contribution in [0.4, 0.5) is 0 Å². The van der Waals surface area contributed by atoms with Crippen LogP contribution in [0.2, 0.25) is 0 Å². The molecule has 0 aliphatic carbocycles. The van der Waals surface area contributed by atoms with Crippen LogP contribution in [-0.4, -0.2) is 44.2 Å². The van der Waals surface area contributed by atoms with Crippen LogP contribution >= 0.6 is 0 Å². The molecule has 0 bridgehead atoms. The van der Waals surface area contributed by atoms with Crippen molar-refractivity contribution in [2.75, 3.05) is 20.8 Å². The van der Waals surface area contributed by atoms with E-state index in [0.717, 1.165) is 10.8 Å². The van der Waals surface area contributed by atoms with E-state index in [-0.39, 0.29) is 23.9 Å². The number of phenols is 1. The highest BCUT2D eigenvalue weighted by Gasteiger charge is 2.27. The van der Waals surface area contributed by atoms with Crippen molar-refractivity contribution in [2.24, 2.45) is 5.10 Å². The van der Waals surface area contributed by atoms with Gasteiger partial charge in [-0.3, -0.25) is 4.79 Å². The van der Waals surface area contributed by atoms with Gasteiger partial charge in [0.2, 0.25) is 11.9 Å². The minimum Gasteiger partial charge on any atom is -0.502 e. The van der Waals surface area contributed by atoms with Crippen LogP contribution in [0.3, 0.4) is 0 Å². The van der Waals surface area contributed by atoms with Gasteiger partial charge in [0.1, 0.15) is 6.61 Å². The Morgan fingerprint density at radius 3 is 2.37 bits per heavy atom. The quantitative estimate of drug-likeness (QED) is 0.498. The van der Waals surface area contributed by atoms with Crippen molar-refractivity contribution in [1.29, 1.82) is 0 Å². The van der Waals surface area contributed by atoms with Crippen LogP contribution in [0.1, 0.15) is 5.56 Å². The molecule has 8 nitrogen and oxygen atoms in total. The number of methoxy groups -OCH3 is 2. The fourth-order valence-electron chi connectivity index (χ4n) is 3.12. The van der Waals surface area contributed by atoms with Gasteiger partial charge in [0, 0.05) is 5.56 Å². The predicted molar refractivity (Wildman–Crippen MR) is 111 cm³/mol. The summed E-state index contributed by atoms with van der Waals surface area (Å²) < 4.78 is 21.7. The number of amides is 1. The Kier molecular flexibility index (Phi) is 5.30. The third kappa shape index (κ3) is 3.80. The number of hydrazone groups is 1. The van der Waals surface area contributed by atoms with Gasteiger partial charge in [-0.05, 0) is 35.0 Å². The van der Waals surface area contributed by atoms with Gasteiger partial charge in [-0.1, -0.05) is 24.3 Å². The molecule has 1 heterocycles. The summed E-state index contributed by atoms with van der Waals surface area (Å²) in [6.07, 6.45) is 0.577. The molecule has 30 heavy (non-hydrogen) atoms. The average Bonchev–Trinajstić information content (AvgIpc) is 2.78. The number of hydrogen-bond donors (Lipinski definition) is 2. The molecule has 154 valence electrons. The van der Waals surface area contributed by atoms with Crippen LogP contribution in [0, 0.1) is 0 Å². The standard InChI is InChI=1S/C22H20N2O6/c1-27-18-7-13(8-19(28-2)21(18)25)11-23-24-22(26)20-12-29-16-9-14-5-3-4-6-15(14)10-17(16)30-20/h3-11,20,25H,12H2,1-2H3,(H,24,26)/b23-11+/t20-/m0/s1. The Labute approximate surface area is 172 Å². The van der Waals surface area contributed by atoms with Crippen molar-refractivity contribution in [3.05, 3.63) is 54.1 Å². The summed E-state index contributed by atoms with van der Waals surface area (Å²) in [4.78, 5) is 12.4. The number of carbonyl (C=O) groups is 1. The van der Waals surface area contributed by atoms with Crippen molar-refractivity contribution in [3.8, 4) is 28.7 Å². The Hall–Kier alpha value is -3.94. The van der Waals surface area contributed by atoms with Gasteiger partial charge in [-0.25, -0.2) is 5.43 Å². The van der Waals surface area contributed by atoms with E-state index in [1.165, 1.54) is 20.4 Å². The smallest absolute Gasteiger partial charge is 0.284 e. The number of benzene rings is 3. The van der Waals surface area contributed by atoms with Gasteiger partial charge in [-0.15, -0.1) is 0 Å². The molecule has 0 saturated carbocycles. The van der Waals surface area contributed by atoms with Crippen molar-refractivity contribution in [1.82, 2.24) is 5.43 Å². The van der Waals surface area contributed by atoms with E-state index in [1.54, 1.807) is 12.1 Å². The second-order valence-electron chi connectivity index (χ2n) is 6.57. The SMILES string of the molecule is COc1cc(/C=N/NC(=O)[C@@H]2COc3cc4ccccc4cc3O2)cc(OC)c1O. The molecule has 0 spiro atoms. The number of phenolic OH excluding ortho intramolecular Hbond substituents is 1. The molecule has 2 N–H and O–H groups in total. The summed E-state index contributed by atoms with van der Waals surface area (Å²) in [5, 5.41) is 15.9. The molecule has 4 rings (SSSR count). The number of nitrogens with one attached hydrogen (secondary N) is 1. The number of nitrogens with zero attached hydrogens (tertiary/aromatic N) is 1. The fourth-order valence-corrected chi connectivity index (χ4v) is 3.12. The molecule has 1 amide bonds. The molecule has 0 aromatic heterocycles. The van der Waals surface area contributed by atoms with Gasteiger partial charge >= 0.3 is 0 Å². The van der Waals surface area contributed by atoms with Crippen LogP contribution < -0.4 is 24.4 Å². The largest absolute Gasteiger partial charge is 0.502 e. The zero-order valence-electron chi connectivity index (χ0n) is 16.4. The maximum Gasteiger partial charge on any atom is 0.284 e. The van der Waals surface area contributed by atoms with Crippen LogP contribution in [0.15, 0.2) is 53.6 Å². The first-order valence-electron chi connectivity index (χ1n) is 9.19. The van der Waals surface area contributed by atoms with Gasteiger partial charge in [0.05, 0.1) is 20.4 Å². The monoisotopic (exact) mass is 408 g/mol. The summed E-state index contributed by atoms with van der Waals surface area (Å²) in [6.45, 7) is 0.0769. The zero-order valence-corrected chi connectivity index (χ0v) is 16.4. The van der Waals surface area contributed by atoms with E-state index < -0.39 is 12.0 Å². The van der Waals surface area contributed by atoms with Gasteiger partial charge in [-0.2, -0.15) is 5.10 Å². The van der Waals surface area contributed by atoms with E-state index in [0.29, 0.717) is 17.1 Å². The molecule has 0 saturated heterocycles. The molecule has 3 aromatic carbocycles. The first kappa shape index (κ1) is 19.4. The highest BCUT2D eigenvalue weighted by Crippen LogP contribution is 2.37. The number of ether oxygens (including phenoxy) is 4. The lowest BCUT2D eigenvalue weighted by atomic mass is 10.1. The molecule has 0 unspecified atom stereocenters. The summed E-state index contributed by atoms with van der Waals surface area (Å²) in [7, 11) is 2.86. The molecule has 8 heteroatoms. The number of aromatic hydroxyl groups is 1. The second kappa shape index (κ2) is 8.20. The molecule has 1 aliphatic heterocycles. The highest BCUT2D eigenvalue weighted by molar-refractivity contribution is 5.88. The van der Waals surface area contributed by atoms with E-state index in [4.69, 9.17) is 18.9 Å². The van der Waals surface area contributed by atoms with E-state index in [9.17, 15) is 9.90 Å². The fraction of sp³-hybridized carbons (Fsp3) is 0.182. The number of fused-ring (bicyclic) bond motifs is 2. The highest BCUT2D eigenvalue weighted by atomic mass is 16.6. The molecule has 0 fully saturated rings. The summed E-state index contributed by atoms with van der Waals surface area (Å²) in [6, 6.07) is 14.7. The van der Waals surface area contributed by atoms with Crippen LogP contribution in [0.5, 0.6) is 28.7 Å². The molecular formula is C22H20N2O6. The maximum absolute atomic E-state index is 12.4. The summed E-state index contributed by atoms with van der Waals surface area (Å²) >= 11 is 0. The van der Waals surface area contributed by atoms with Crippen LogP contribution in [0.25, 0.3) is 10.8 Å². The maximum atomic E-state index is 12.4. The van der Waals surface area contributed by atoms with Gasteiger partial charge < -0.3 is 24.1 Å². The Morgan fingerprint density at radius 2 is 1.73 bits per heavy atom. The normalized spacial score (nSPS) is 15.2. The molecule has 1 atom stereocenters. The topological polar surface area (TPSA) is 98.6 Å². The van der Waals surface area contributed by atoms with Gasteiger partial charge in [0.15, 0.2) is 23.0 Å². The Bertz CT molecular complexity index is 1100. The lowest BCUT2D eigenvalue weighted by Crippen LogP contribution is -2.42. The summed E-state index contributed by atoms with van der Waals surface area (Å²) in [5.41, 5.74) is 3.01. The number of rotatable bonds is 5. The predicted octanol–water partition coefficient (Wildman–Crippen LogP) is 2.85. The van der Waals surface area contributed by atoms with E-state index >= 15 is 0 Å². The minimum absolute atomic E-state index is 0.0769. The lowest BCUT2D eigenvalue weighted by molar-refractivity contribution is -0.130. The first-order chi connectivity index (χ1) is 14.6. The van der Waals surface area contributed by atoms with E-state index in [2.05, 4.69) is 10.5 Å². The van der Waals surface area contributed by atoms with E-state index in [1.807, 2.05) is 36.4 Å². The molecule has 0 radical (unpaired) electrons. The van der Waals surface area contributed by atoms with Gasteiger partial charge in [0.25, 0.3) is 5.91 Å². The lowest BCUT2D eigenvalue weighted by Gasteiger charge is -2.25. The van der Waals surface area contributed by atoms with Crippen molar-refractivity contribution < 1.29 is 28.8 Å². The van der Waals surface area contributed by atoms with Crippen molar-refractivity contribution in [3.63, 3.8) is 0 Å². The minimum atomic E-state index is -0.834. The van der Waals surface area contributed by atoms with Crippen molar-refractivity contribution >= 4 is 22.9 Å². The Balaban J connectivity index is 1.44. The third-order valence-electron chi connectivity index (χ3n) is 4.65. The third-order valence-corrected chi connectivity index (χ3v) is 4.65. The number of carbonyl (C=O) groups excluding carboxylic acids is 1. The second-order valence-corrected chi connectivity index (χ2v) is 6.57. The molecular weight excluding hydrogens is 388 g/mol. The number of hydrogen-bond acceptors (Lipinski definition) is 7. The van der Waals surface area contributed by atoms with Crippen LogP contribution in [-0.2, 0) is 4.79 Å². The molecule has 3 aromatic rings.